The Kier molecular flexibility index (Phi) is 6.31. The number of fused-ring (bicyclic) bond motifs is 2. The molecule has 4 nitrogen and oxygen atoms in total. The number of ether oxygens (including phenoxy) is 1. The third-order valence-corrected chi connectivity index (χ3v) is 5.38. The average molecular weight is 339 g/mol. The lowest BCUT2D eigenvalue weighted by atomic mass is 9.65. The van der Waals surface area contributed by atoms with Crippen molar-refractivity contribution in [3.63, 3.8) is 0 Å². The molecule has 5 heteroatoms. The first-order valence-corrected chi connectivity index (χ1v) is 8.33. The largest absolute Gasteiger partial charge is 0.497 e. The molecule has 1 amide bonds. The topological polar surface area (TPSA) is 64.3 Å². The van der Waals surface area contributed by atoms with Crippen molar-refractivity contribution in [2.75, 3.05) is 7.11 Å². The van der Waals surface area contributed by atoms with Crippen LogP contribution in [0.1, 0.15) is 37.7 Å². The van der Waals surface area contributed by atoms with Gasteiger partial charge in [-0.15, -0.1) is 12.4 Å². The summed E-state index contributed by atoms with van der Waals surface area (Å²) in [5.74, 6) is 2.23. The molecule has 1 aromatic carbocycles. The van der Waals surface area contributed by atoms with E-state index in [0.717, 1.165) is 24.2 Å². The van der Waals surface area contributed by atoms with Gasteiger partial charge >= 0.3 is 0 Å². The first-order valence-electron chi connectivity index (χ1n) is 8.33. The number of methoxy groups -OCH3 is 1. The van der Waals surface area contributed by atoms with Gasteiger partial charge in [0.25, 0.3) is 0 Å². The summed E-state index contributed by atoms with van der Waals surface area (Å²) in [5.41, 5.74) is 7.37. The zero-order valence-corrected chi connectivity index (χ0v) is 14.5. The maximum atomic E-state index is 12.5. The van der Waals surface area contributed by atoms with Gasteiger partial charge in [0.1, 0.15) is 5.75 Å². The molecule has 3 N–H and O–H groups in total. The molecule has 2 saturated carbocycles. The summed E-state index contributed by atoms with van der Waals surface area (Å²) in [5, 5.41) is 3.09. The Bertz CT molecular complexity index is 524. The van der Waals surface area contributed by atoms with E-state index in [0.29, 0.717) is 24.4 Å². The zero-order chi connectivity index (χ0) is 15.5. The van der Waals surface area contributed by atoms with Crippen molar-refractivity contribution in [3.05, 3.63) is 29.8 Å². The number of nitrogens with two attached hydrogens (primary N) is 1. The lowest BCUT2D eigenvalue weighted by molar-refractivity contribution is -0.128. The van der Waals surface area contributed by atoms with Crippen LogP contribution >= 0.6 is 12.4 Å². The number of hydrogen-bond donors (Lipinski definition) is 2. The highest BCUT2D eigenvalue weighted by Crippen LogP contribution is 2.41. The Morgan fingerprint density at radius 3 is 2.65 bits per heavy atom. The van der Waals surface area contributed by atoms with Crippen molar-refractivity contribution in [2.45, 2.75) is 44.7 Å². The van der Waals surface area contributed by atoms with Crippen LogP contribution in [-0.2, 0) is 11.3 Å². The number of amides is 1. The summed E-state index contributed by atoms with van der Waals surface area (Å²) < 4.78 is 5.21. The smallest absolute Gasteiger partial charge is 0.223 e. The van der Waals surface area contributed by atoms with E-state index >= 15 is 0 Å². The van der Waals surface area contributed by atoms with Crippen molar-refractivity contribution >= 4 is 18.3 Å². The van der Waals surface area contributed by atoms with Crippen molar-refractivity contribution in [1.82, 2.24) is 5.32 Å². The van der Waals surface area contributed by atoms with Gasteiger partial charge in [-0.05, 0) is 55.2 Å². The normalized spacial score (nSPS) is 29.3. The van der Waals surface area contributed by atoms with E-state index in [4.69, 9.17) is 10.5 Å². The lowest BCUT2D eigenvalue weighted by Crippen LogP contribution is -2.49. The van der Waals surface area contributed by atoms with Crippen molar-refractivity contribution < 1.29 is 9.53 Å². The molecule has 2 unspecified atom stereocenters. The van der Waals surface area contributed by atoms with E-state index < -0.39 is 0 Å². The van der Waals surface area contributed by atoms with Gasteiger partial charge in [-0.3, -0.25) is 4.79 Å². The van der Waals surface area contributed by atoms with E-state index in [-0.39, 0.29) is 24.2 Å². The Balaban J connectivity index is 0.00000192. The number of halogens is 1. The molecule has 0 aromatic heterocycles. The number of nitrogens with one attached hydrogen (secondary N) is 1. The first kappa shape index (κ1) is 18.1. The SMILES string of the molecule is COc1cccc(CNC(=O)C2CC3CCCC(C2)C3N)c1.Cl. The number of rotatable bonds is 4. The van der Waals surface area contributed by atoms with Gasteiger partial charge in [0.05, 0.1) is 7.11 Å². The molecule has 2 fully saturated rings. The first-order chi connectivity index (χ1) is 10.7. The van der Waals surface area contributed by atoms with E-state index in [1.54, 1.807) is 7.11 Å². The van der Waals surface area contributed by atoms with Gasteiger partial charge in [-0.1, -0.05) is 18.6 Å². The molecule has 2 atom stereocenters. The Hall–Kier alpha value is -1.26. The quantitative estimate of drug-likeness (QED) is 0.887. The third-order valence-electron chi connectivity index (χ3n) is 5.38. The predicted octanol–water partition coefficient (Wildman–Crippen LogP) is 2.89. The van der Waals surface area contributed by atoms with E-state index in [9.17, 15) is 4.79 Å². The van der Waals surface area contributed by atoms with Crippen LogP contribution in [0.2, 0.25) is 0 Å². The maximum absolute atomic E-state index is 12.5. The van der Waals surface area contributed by atoms with Crippen molar-refractivity contribution in [2.24, 2.45) is 23.5 Å². The second-order valence-corrected chi connectivity index (χ2v) is 6.77. The van der Waals surface area contributed by atoms with Crippen LogP contribution in [0.25, 0.3) is 0 Å². The fourth-order valence-electron chi connectivity index (χ4n) is 4.12. The van der Waals surface area contributed by atoms with E-state index in [1.807, 2.05) is 24.3 Å². The number of benzene rings is 1. The Morgan fingerprint density at radius 1 is 1.30 bits per heavy atom. The molecule has 0 heterocycles. The fourth-order valence-corrected chi connectivity index (χ4v) is 4.12. The zero-order valence-electron chi connectivity index (χ0n) is 13.7. The Morgan fingerprint density at radius 2 is 2.00 bits per heavy atom. The standard InChI is InChI=1S/C18H26N2O2.ClH/c1-22-16-7-2-4-12(8-16)11-20-18(21)15-9-13-5-3-6-14(10-15)17(13)19;/h2,4,7-8,13-15,17H,3,5-6,9-11,19H2,1H3,(H,20,21);1H. The van der Waals surface area contributed by atoms with Gasteiger partial charge in [-0.2, -0.15) is 0 Å². The summed E-state index contributed by atoms with van der Waals surface area (Å²) in [6, 6.07) is 8.15. The van der Waals surface area contributed by atoms with Gasteiger partial charge < -0.3 is 15.8 Å². The van der Waals surface area contributed by atoms with Crippen LogP contribution in [0.15, 0.2) is 24.3 Å². The highest BCUT2D eigenvalue weighted by atomic mass is 35.5. The minimum atomic E-state index is 0. The third kappa shape index (κ3) is 4.18. The minimum Gasteiger partial charge on any atom is -0.497 e. The lowest BCUT2D eigenvalue weighted by Gasteiger charge is -2.43. The van der Waals surface area contributed by atoms with Gasteiger partial charge in [-0.25, -0.2) is 0 Å². The summed E-state index contributed by atoms with van der Waals surface area (Å²) >= 11 is 0. The summed E-state index contributed by atoms with van der Waals surface area (Å²) in [6.07, 6.45) is 5.58. The molecule has 1 aromatic rings. The molecule has 0 radical (unpaired) electrons. The van der Waals surface area contributed by atoms with Crippen LogP contribution in [0.4, 0.5) is 0 Å². The molecule has 2 bridgehead atoms. The molecule has 0 aliphatic heterocycles. The van der Waals surface area contributed by atoms with Crippen LogP contribution < -0.4 is 15.8 Å². The molecule has 2 aliphatic rings. The molecule has 0 saturated heterocycles. The minimum absolute atomic E-state index is 0. The second-order valence-electron chi connectivity index (χ2n) is 6.77. The van der Waals surface area contributed by atoms with Crippen LogP contribution in [-0.4, -0.2) is 19.1 Å². The van der Waals surface area contributed by atoms with Gasteiger partial charge in [0.2, 0.25) is 5.91 Å². The predicted molar refractivity (Wildman–Crippen MR) is 93.6 cm³/mol. The van der Waals surface area contributed by atoms with Gasteiger partial charge in [0, 0.05) is 18.5 Å². The molecular formula is C18H27ClN2O2. The van der Waals surface area contributed by atoms with Crippen molar-refractivity contribution in [1.29, 1.82) is 0 Å². The van der Waals surface area contributed by atoms with Crippen LogP contribution in [0, 0.1) is 17.8 Å². The van der Waals surface area contributed by atoms with E-state index in [1.165, 1.54) is 19.3 Å². The molecular weight excluding hydrogens is 312 g/mol. The fraction of sp³-hybridized carbons (Fsp3) is 0.611. The highest BCUT2D eigenvalue weighted by molar-refractivity contribution is 5.85. The average Bonchev–Trinajstić information content (AvgIpc) is 2.52. The number of hydrogen-bond acceptors (Lipinski definition) is 3. The number of carbonyl (C=O) groups excluding carboxylic acids is 1. The molecule has 2 aliphatic carbocycles. The second kappa shape index (κ2) is 8.02. The van der Waals surface area contributed by atoms with Crippen LogP contribution in [0.5, 0.6) is 5.75 Å². The molecule has 0 spiro atoms. The maximum Gasteiger partial charge on any atom is 0.223 e. The summed E-state index contributed by atoms with van der Waals surface area (Å²) in [6.45, 7) is 0.563. The molecule has 3 rings (SSSR count). The highest BCUT2D eigenvalue weighted by Gasteiger charge is 2.40. The monoisotopic (exact) mass is 338 g/mol. The molecule has 128 valence electrons. The summed E-state index contributed by atoms with van der Waals surface area (Å²) in [4.78, 5) is 12.5. The molecule has 23 heavy (non-hydrogen) atoms. The number of carbonyl (C=O) groups is 1. The van der Waals surface area contributed by atoms with E-state index in [2.05, 4.69) is 5.32 Å². The van der Waals surface area contributed by atoms with Crippen LogP contribution in [0.3, 0.4) is 0 Å². The summed E-state index contributed by atoms with van der Waals surface area (Å²) in [7, 11) is 1.65. The Labute approximate surface area is 144 Å². The van der Waals surface area contributed by atoms with Gasteiger partial charge in [0.15, 0.2) is 0 Å². The van der Waals surface area contributed by atoms with Crippen molar-refractivity contribution in [3.8, 4) is 5.75 Å².